The lowest BCUT2D eigenvalue weighted by Gasteiger charge is -2.20. The number of carbonyl (C=O) groups excluding carboxylic acids is 2. The SMILES string of the molecule is CC(C)(C)OC(=O)Cc1ccccc1NC(=O)CCCCC(=O)O. The first kappa shape index (κ1) is 19.7. The molecule has 0 fully saturated rings. The van der Waals surface area contributed by atoms with Crippen molar-refractivity contribution in [1.29, 1.82) is 0 Å². The van der Waals surface area contributed by atoms with Gasteiger partial charge >= 0.3 is 11.9 Å². The molecule has 0 atom stereocenters. The number of unbranched alkanes of at least 4 members (excludes halogenated alkanes) is 1. The van der Waals surface area contributed by atoms with E-state index < -0.39 is 11.6 Å². The normalized spacial score (nSPS) is 11.0. The molecule has 6 nitrogen and oxygen atoms in total. The van der Waals surface area contributed by atoms with Crippen LogP contribution < -0.4 is 5.32 Å². The fraction of sp³-hybridized carbons (Fsp3) is 0.500. The number of ether oxygens (including phenoxy) is 1. The van der Waals surface area contributed by atoms with Crippen LogP contribution in [0.4, 0.5) is 5.69 Å². The van der Waals surface area contributed by atoms with Gasteiger partial charge in [-0.3, -0.25) is 14.4 Å². The number of carboxylic acids is 1. The van der Waals surface area contributed by atoms with Gasteiger partial charge in [0.2, 0.25) is 5.91 Å². The Morgan fingerprint density at radius 1 is 1.08 bits per heavy atom. The van der Waals surface area contributed by atoms with E-state index in [1.165, 1.54) is 0 Å². The molecule has 1 aromatic carbocycles. The average Bonchev–Trinajstić information content (AvgIpc) is 2.43. The molecule has 0 bridgehead atoms. The largest absolute Gasteiger partial charge is 0.481 e. The van der Waals surface area contributed by atoms with Crippen LogP contribution in [0.15, 0.2) is 24.3 Å². The Morgan fingerprint density at radius 3 is 2.33 bits per heavy atom. The lowest BCUT2D eigenvalue weighted by atomic mass is 10.1. The van der Waals surface area contributed by atoms with Crippen LogP contribution in [0.2, 0.25) is 0 Å². The second-order valence-electron chi connectivity index (χ2n) is 6.57. The van der Waals surface area contributed by atoms with Crippen LogP contribution in [-0.2, 0) is 25.5 Å². The zero-order valence-electron chi connectivity index (χ0n) is 14.4. The van der Waals surface area contributed by atoms with Crippen molar-refractivity contribution >= 4 is 23.5 Å². The summed E-state index contributed by atoms with van der Waals surface area (Å²) in [6, 6.07) is 7.07. The molecule has 0 unspecified atom stereocenters. The zero-order valence-corrected chi connectivity index (χ0v) is 14.4. The molecule has 0 aliphatic carbocycles. The van der Waals surface area contributed by atoms with Crippen LogP contribution in [0, 0.1) is 0 Å². The summed E-state index contributed by atoms with van der Waals surface area (Å²) >= 11 is 0. The lowest BCUT2D eigenvalue weighted by Crippen LogP contribution is -2.25. The van der Waals surface area contributed by atoms with E-state index in [-0.39, 0.29) is 31.1 Å². The van der Waals surface area contributed by atoms with Gasteiger partial charge in [-0.15, -0.1) is 0 Å². The fourth-order valence-corrected chi connectivity index (χ4v) is 2.10. The molecule has 0 saturated carbocycles. The molecule has 0 aliphatic rings. The molecule has 0 aliphatic heterocycles. The average molecular weight is 335 g/mol. The molecule has 1 rings (SSSR count). The van der Waals surface area contributed by atoms with E-state index in [2.05, 4.69) is 5.32 Å². The molecule has 6 heteroatoms. The van der Waals surface area contributed by atoms with Crippen LogP contribution in [-0.4, -0.2) is 28.6 Å². The summed E-state index contributed by atoms with van der Waals surface area (Å²) in [6.07, 6.45) is 1.35. The Labute approximate surface area is 142 Å². The standard InChI is InChI=1S/C18H25NO5/c1-18(2,3)24-17(23)12-13-8-4-5-9-14(13)19-15(20)10-6-7-11-16(21)22/h4-5,8-9H,6-7,10-12H2,1-3H3,(H,19,20)(H,21,22). The summed E-state index contributed by atoms with van der Waals surface area (Å²) in [5.41, 5.74) is 0.705. The van der Waals surface area contributed by atoms with Crippen LogP contribution in [0.5, 0.6) is 0 Å². The van der Waals surface area contributed by atoms with Gasteiger partial charge < -0.3 is 15.2 Å². The first-order valence-electron chi connectivity index (χ1n) is 7.99. The van der Waals surface area contributed by atoms with Crippen LogP contribution in [0.25, 0.3) is 0 Å². The Hall–Kier alpha value is -2.37. The molecule has 132 valence electrons. The number of aliphatic carboxylic acids is 1. The zero-order chi connectivity index (χ0) is 18.2. The molecule has 1 aromatic rings. The highest BCUT2D eigenvalue weighted by molar-refractivity contribution is 5.92. The minimum Gasteiger partial charge on any atom is -0.481 e. The second-order valence-corrected chi connectivity index (χ2v) is 6.57. The van der Waals surface area contributed by atoms with Gasteiger partial charge in [0.1, 0.15) is 5.60 Å². The maximum absolute atomic E-state index is 12.0. The van der Waals surface area contributed by atoms with Crippen molar-refractivity contribution in [1.82, 2.24) is 0 Å². The number of rotatable bonds is 8. The second kappa shape index (κ2) is 9.05. The molecule has 0 heterocycles. The van der Waals surface area contributed by atoms with E-state index in [9.17, 15) is 14.4 Å². The van der Waals surface area contributed by atoms with E-state index in [4.69, 9.17) is 9.84 Å². The fourth-order valence-electron chi connectivity index (χ4n) is 2.10. The van der Waals surface area contributed by atoms with Crippen LogP contribution in [0.3, 0.4) is 0 Å². The number of hydrogen-bond acceptors (Lipinski definition) is 4. The van der Waals surface area contributed by atoms with Gasteiger partial charge in [-0.05, 0) is 45.2 Å². The molecule has 0 aromatic heterocycles. The monoisotopic (exact) mass is 335 g/mol. The summed E-state index contributed by atoms with van der Waals surface area (Å²) in [7, 11) is 0. The minimum absolute atomic E-state index is 0.0580. The Balaban J connectivity index is 2.58. The predicted octanol–water partition coefficient (Wildman–Crippen LogP) is 3.15. The van der Waals surface area contributed by atoms with Gasteiger partial charge in [0, 0.05) is 18.5 Å². The number of para-hydroxylation sites is 1. The third-order valence-electron chi connectivity index (χ3n) is 3.09. The van der Waals surface area contributed by atoms with E-state index >= 15 is 0 Å². The predicted molar refractivity (Wildman–Crippen MR) is 90.7 cm³/mol. The van der Waals surface area contributed by atoms with Crippen molar-refractivity contribution in [3.8, 4) is 0 Å². The van der Waals surface area contributed by atoms with Crippen LogP contribution >= 0.6 is 0 Å². The summed E-state index contributed by atoms with van der Waals surface area (Å²) in [5.74, 6) is -1.42. The summed E-state index contributed by atoms with van der Waals surface area (Å²) in [5, 5.41) is 11.3. The number of benzene rings is 1. The smallest absolute Gasteiger partial charge is 0.310 e. The van der Waals surface area contributed by atoms with Crippen molar-refractivity contribution < 1.29 is 24.2 Å². The van der Waals surface area contributed by atoms with E-state index in [0.29, 0.717) is 24.1 Å². The number of hydrogen-bond donors (Lipinski definition) is 2. The number of anilines is 1. The van der Waals surface area contributed by atoms with Crippen LogP contribution in [0.1, 0.15) is 52.0 Å². The van der Waals surface area contributed by atoms with Gasteiger partial charge in [0.05, 0.1) is 6.42 Å². The quantitative estimate of drug-likeness (QED) is 0.562. The highest BCUT2D eigenvalue weighted by atomic mass is 16.6. The number of amides is 1. The topological polar surface area (TPSA) is 92.7 Å². The maximum atomic E-state index is 12.0. The third kappa shape index (κ3) is 8.31. The molecule has 0 radical (unpaired) electrons. The molecule has 2 N–H and O–H groups in total. The van der Waals surface area contributed by atoms with Crippen molar-refractivity contribution in [2.75, 3.05) is 5.32 Å². The molecule has 0 saturated heterocycles. The molecule has 0 spiro atoms. The summed E-state index contributed by atoms with van der Waals surface area (Å²) in [4.78, 5) is 34.3. The van der Waals surface area contributed by atoms with Crippen molar-refractivity contribution in [3.63, 3.8) is 0 Å². The Bertz CT molecular complexity index is 589. The number of carbonyl (C=O) groups is 3. The van der Waals surface area contributed by atoms with Crippen molar-refractivity contribution in [2.45, 2.75) is 58.5 Å². The van der Waals surface area contributed by atoms with Gasteiger partial charge in [0.25, 0.3) is 0 Å². The number of esters is 1. The van der Waals surface area contributed by atoms with E-state index in [1.807, 2.05) is 0 Å². The van der Waals surface area contributed by atoms with Gasteiger partial charge in [-0.1, -0.05) is 18.2 Å². The Morgan fingerprint density at radius 2 is 1.71 bits per heavy atom. The molecular weight excluding hydrogens is 310 g/mol. The lowest BCUT2D eigenvalue weighted by molar-refractivity contribution is -0.154. The van der Waals surface area contributed by atoms with Crippen molar-refractivity contribution in [2.24, 2.45) is 0 Å². The third-order valence-corrected chi connectivity index (χ3v) is 3.09. The van der Waals surface area contributed by atoms with Gasteiger partial charge in [-0.2, -0.15) is 0 Å². The maximum Gasteiger partial charge on any atom is 0.310 e. The van der Waals surface area contributed by atoms with E-state index in [1.54, 1.807) is 45.0 Å². The highest BCUT2D eigenvalue weighted by Gasteiger charge is 2.18. The number of carboxylic acid groups (broad SMARTS) is 1. The summed E-state index contributed by atoms with van der Waals surface area (Å²) in [6.45, 7) is 5.40. The number of nitrogens with one attached hydrogen (secondary N) is 1. The van der Waals surface area contributed by atoms with Gasteiger partial charge in [-0.25, -0.2) is 0 Å². The highest BCUT2D eigenvalue weighted by Crippen LogP contribution is 2.18. The Kier molecular flexibility index (Phi) is 7.42. The molecule has 1 amide bonds. The van der Waals surface area contributed by atoms with Crippen molar-refractivity contribution in [3.05, 3.63) is 29.8 Å². The minimum atomic E-state index is -0.863. The van der Waals surface area contributed by atoms with E-state index in [0.717, 1.165) is 0 Å². The summed E-state index contributed by atoms with van der Waals surface area (Å²) < 4.78 is 5.30. The first-order chi connectivity index (χ1) is 11.2. The molecule has 24 heavy (non-hydrogen) atoms. The molecular formula is C18H25NO5. The van der Waals surface area contributed by atoms with Gasteiger partial charge in [0.15, 0.2) is 0 Å². The first-order valence-corrected chi connectivity index (χ1v) is 7.99.